The average molecular weight is 557 g/mol. The first-order valence-electron chi connectivity index (χ1n) is 14.4. The van der Waals surface area contributed by atoms with Crippen molar-refractivity contribution >= 4 is 37.3 Å². The van der Waals surface area contributed by atoms with Crippen molar-refractivity contribution in [3.8, 4) is 33.4 Å². The second kappa shape index (κ2) is 9.37. The van der Waals surface area contributed by atoms with Crippen LogP contribution in [0.3, 0.4) is 0 Å². The molecule has 0 spiro atoms. The number of carbonyl (C=O) groups excluding carboxylic acids is 1. The molecule has 1 nitrogen and oxygen atoms in total. The summed E-state index contributed by atoms with van der Waals surface area (Å²) >= 11 is 1.82. The van der Waals surface area contributed by atoms with Crippen molar-refractivity contribution in [1.82, 2.24) is 0 Å². The highest BCUT2D eigenvalue weighted by molar-refractivity contribution is 7.26. The van der Waals surface area contributed by atoms with Crippen LogP contribution in [0, 0.1) is 0 Å². The van der Waals surface area contributed by atoms with E-state index in [1.54, 1.807) is 0 Å². The maximum absolute atomic E-state index is 14.3. The zero-order valence-corrected chi connectivity index (χ0v) is 24.3. The number of benzene rings is 6. The van der Waals surface area contributed by atoms with Crippen molar-refractivity contribution in [3.63, 3.8) is 0 Å². The number of ketones is 1. The first-order valence-corrected chi connectivity index (χ1v) is 15.2. The molecule has 6 aromatic carbocycles. The molecule has 1 aromatic heterocycles. The summed E-state index contributed by atoms with van der Waals surface area (Å²) < 4.78 is 2.55. The maximum Gasteiger partial charge on any atom is 0.193 e. The molecule has 0 saturated heterocycles. The normalized spacial score (nSPS) is 13.7. The fraction of sp³-hybridized carbons (Fsp3) is 0.0750. The zero-order valence-electron chi connectivity index (χ0n) is 23.5. The molecule has 0 N–H and O–H groups in total. The van der Waals surface area contributed by atoms with Crippen LogP contribution in [-0.4, -0.2) is 5.78 Å². The number of hydrogen-bond donors (Lipinski definition) is 0. The van der Waals surface area contributed by atoms with Crippen molar-refractivity contribution in [1.29, 1.82) is 0 Å². The molecule has 0 unspecified atom stereocenters. The van der Waals surface area contributed by atoms with Crippen LogP contribution in [0.25, 0.3) is 53.6 Å². The third-order valence-corrected chi connectivity index (χ3v) is 10.1. The van der Waals surface area contributed by atoms with Gasteiger partial charge in [0.2, 0.25) is 0 Å². The number of rotatable bonds is 3. The number of thiophene rings is 1. The summed E-state index contributed by atoms with van der Waals surface area (Å²) in [6, 6.07) is 47.0. The lowest BCUT2D eigenvalue weighted by Crippen LogP contribution is -2.30. The molecule has 0 saturated carbocycles. The van der Waals surface area contributed by atoms with Gasteiger partial charge >= 0.3 is 0 Å². The summed E-state index contributed by atoms with van der Waals surface area (Å²) in [5.74, 6) is 0.103. The van der Waals surface area contributed by atoms with Gasteiger partial charge in [0.25, 0.3) is 0 Å². The minimum atomic E-state index is -0.287. The van der Waals surface area contributed by atoms with Gasteiger partial charge in [-0.1, -0.05) is 123 Å². The lowest BCUT2D eigenvalue weighted by atomic mass is 9.67. The van der Waals surface area contributed by atoms with E-state index in [9.17, 15) is 4.79 Å². The third-order valence-electron chi connectivity index (χ3n) is 8.89. The SMILES string of the molecule is CC1(C)c2ccc(-c3cccc(-c4ccccc4)c3)cc2C(=O)c2cc(-c3cccc4c3sc3ccccc34)ccc21. The molecule has 0 amide bonds. The van der Waals surface area contributed by atoms with Crippen molar-refractivity contribution in [2.75, 3.05) is 0 Å². The van der Waals surface area contributed by atoms with Crippen molar-refractivity contribution in [2.45, 2.75) is 19.3 Å². The summed E-state index contributed by atoms with van der Waals surface area (Å²) in [5, 5.41) is 2.55. The van der Waals surface area contributed by atoms with E-state index < -0.39 is 0 Å². The van der Waals surface area contributed by atoms with Crippen LogP contribution in [0.2, 0.25) is 0 Å². The Kier molecular flexibility index (Phi) is 5.57. The number of hydrogen-bond acceptors (Lipinski definition) is 2. The van der Waals surface area contributed by atoms with E-state index >= 15 is 0 Å². The van der Waals surface area contributed by atoms with Gasteiger partial charge in [0.1, 0.15) is 0 Å². The van der Waals surface area contributed by atoms with Crippen LogP contribution >= 0.6 is 11.3 Å². The minimum absolute atomic E-state index is 0.103. The Balaban J connectivity index is 1.24. The zero-order chi connectivity index (χ0) is 28.4. The summed E-state index contributed by atoms with van der Waals surface area (Å²) in [4.78, 5) is 14.3. The Labute approximate surface area is 249 Å². The molecule has 42 heavy (non-hydrogen) atoms. The van der Waals surface area contributed by atoms with Gasteiger partial charge in [0.15, 0.2) is 5.78 Å². The Morgan fingerprint density at radius 3 is 1.83 bits per heavy atom. The number of fused-ring (bicyclic) bond motifs is 5. The van der Waals surface area contributed by atoms with Crippen molar-refractivity contribution < 1.29 is 4.79 Å². The molecular weight excluding hydrogens is 529 g/mol. The minimum Gasteiger partial charge on any atom is -0.289 e. The van der Waals surface area contributed by atoms with Crippen molar-refractivity contribution in [2.24, 2.45) is 0 Å². The Morgan fingerprint density at radius 1 is 0.476 bits per heavy atom. The quantitative estimate of drug-likeness (QED) is 0.212. The predicted octanol–water partition coefficient (Wildman–Crippen LogP) is 10.9. The van der Waals surface area contributed by atoms with E-state index in [1.165, 1.54) is 36.9 Å². The summed E-state index contributed by atoms with van der Waals surface area (Å²) in [5.41, 5.74) is 10.3. The molecule has 1 aliphatic rings. The Morgan fingerprint density at radius 2 is 1.05 bits per heavy atom. The highest BCUT2D eigenvalue weighted by Crippen LogP contribution is 2.45. The van der Waals surface area contributed by atoms with E-state index in [4.69, 9.17) is 0 Å². The Bertz CT molecular complexity index is 2180. The Hall–Kier alpha value is -4.79. The predicted molar refractivity (Wildman–Crippen MR) is 178 cm³/mol. The van der Waals surface area contributed by atoms with E-state index in [1.807, 2.05) is 17.4 Å². The second-order valence-electron chi connectivity index (χ2n) is 11.7. The van der Waals surface area contributed by atoms with Gasteiger partial charge < -0.3 is 0 Å². The van der Waals surface area contributed by atoms with Gasteiger partial charge in [-0.15, -0.1) is 11.3 Å². The maximum atomic E-state index is 14.3. The van der Waals surface area contributed by atoms with E-state index in [-0.39, 0.29) is 11.2 Å². The van der Waals surface area contributed by atoms with Crippen LogP contribution in [0.5, 0.6) is 0 Å². The standard InChI is InChI=1S/C40H28OS/c1-40(2)35-20-18-28(27-13-8-12-26(22-27)25-10-4-3-5-11-25)23-33(35)38(41)34-24-29(19-21-36(34)40)30-15-9-16-32-31-14-6-7-17-37(31)42-39(30)32/h3-24H,1-2H3. The van der Waals surface area contributed by atoms with E-state index in [0.29, 0.717) is 0 Å². The summed E-state index contributed by atoms with van der Waals surface area (Å²) in [6.07, 6.45) is 0. The molecule has 0 aliphatic heterocycles. The number of carbonyl (C=O) groups is 1. The summed E-state index contributed by atoms with van der Waals surface area (Å²) in [7, 11) is 0. The molecule has 2 heteroatoms. The van der Waals surface area contributed by atoms with Crippen LogP contribution in [0.4, 0.5) is 0 Å². The van der Waals surface area contributed by atoms with Crippen LogP contribution in [0.15, 0.2) is 133 Å². The molecule has 0 atom stereocenters. The van der Waals surface area contributed by atoms with Crippen LogP contribution < -0.4 is 0 Å². The lowest BCUT2D eigenvalue weighted by molar-refractivity contribution is 0.103. The van der Waals surface area contributed by atoms with E-state index in [0.717, 1.165) is 38.9 Å². The first kappa shape index (κ1) is 25.0. The largest absolute Gasteiger partial charge is 0.289 e. The van der Waals surface area contributed by atoms with E-state index in [2.05, 4.69) is 141 Å². The van der Waals surface area contributed by atoms with Gasteiger partial charge in [-0.2, -0.15) is 0 Å². The van der Waals surface area contributed by atoms with Crippen LogP contribution in [0.1, 0.15) is 40.9 Å². The first-order chi connectivity index (χ1) is 20.5. The van der Waals surface area contributed by atoms with Gasteiger partial charge in [-0.05, 0) is 68.8 Å². The van der Waals surface area contributed by atoms with Crippen molar-refractivity contribution in [3.05, 3.63) is 156 Å². The van der Waals surface area contributed by atoms with Gasteiger partial charge in [0, 0.05) is 36.7 Å². The second-order valence-corrected chi connectivity index (χ2v) is 12.8. The van der Waals surface area contributed by atoms with Gasteiger partial charge in [-0.25, -0.2) is 0 Å². The molecule has 0 radical (unpaired) electrons. The lowest BCUT2D eigenvalue weighted by Gasteiger charge is -2.35. The van der Waals surface area contributed by atoms with Gasteiger partial charge in [-0.3, -0.25) is 4.79 Å². The molecule has 7 aromatic rings. The summed E-state index contributed by atoms with van der Waals surface area (Å²) in [6.45, 7) is 4.47. The molecule has 8 rings (SSSR count). The smallest absolute Gasteiger partial charge is 0.193 e. The molecular formula is C40H28OS. The molecule has 1 aliphatic carbocycles. The highest BCUT2D eigenvalue weighted by Gasteiger charge is 2.37. The topological polar surface area (TPSA) is 17.1 Å². The molecule has 0 bridgehead atoms. The van der Waals surface area contributed by atoms with Gasteiger partial charge in [0.05, 0.1) is 0 Å². The fourth-order valence-electron chi connectivity index (χ4n) is 6.67. The fourth-order valence-corrected chi connectivity index (χ4v) is 7.91. The highest BCUT2D eigenvalue weighted by atomic mass is 32.1. The monoisotopic (exact) mass is 556 g/mol. The molecule has 200 valence electrons. The third kappa shape index (κ3) is 3.79. The van der Waals surface area contributed by atoms with Crippen LogP contribution in [-0.2, 0) is 5.41 Å². The average Bonchev–Trinajstić information content (AvgIpc) is 3.43. The molecule has 1 heterocycles. The molecule has 0 fully saturated rings.